The molecule has 2 aromatic carbocycles. The van der Waals surface area contributed by atoms with Gasteiger partial charge in [0, 0.05) is 17.2 Å². The maximum absolute atomic E-state index is 5.56. The molecule has 0 amide bonds. The molecule has 1 aromatic heterocycles. The van der Waals surface area contributed by atoms with Crippen LogP contribution in [0.15, 0.2) is 42.5 Å². The van der Waals surface area contributed by atoms with E-state index in [1.807, 2.05) is 12.1 Å². The predicted octanol–water partition coefficient (Wildman–Crippen LogP) is 5.07. The van der Waals surface area contributed by atoms with Crippen molar-refractivity contribution in [3.05, 3.63) is 48.0 Å². The normalized spacial score (nSPS) is 10.6. The number of hydrogen-bond donors (Lipinski definition) is 0. The molecule has 5 heteroatoms. The number of methoxy groups -OCH3 is 3. The highest BCUT2D eigenvalue weighted by Gasteiger charge is 2.17. The van der Waals surface area contributed by atoms with E-state index in [4.69, 9.17) is 14.2 Å². The minimum absolute atomic E-state index is 0.638. The summed E-state index contributed by atoms with van der Waals surface area (Å²) in [6.45, 7) is 2.15. The molecule has 0 spiro atoms. The molecule has 0 bridgehead atoms. The van der Waals surface area contributed by atoms with Gasteiger partial charge in [0.05, 0.1) is 31.9 Å². The standard InChI is InChI=1S/C20H21NO3S/c1-5-13-6-8-14(9-7-13)17-12-19(25-21-17)16-10-15(22-2)11-18(23-3)20(16)24-4/h6-12H,5H2,1-4H3. The first-order valence-corrected chi connectivity index (χ1v) is 8.83. The second-order valence-corrected chi connectivity index (χ2v) is 6.34. The van der Waals surface area contributed by atoms with Gasteiger partial charge in [-0.2, -0.15) is 4.37 Å². The third-order valence-corrected chi connectivity index (χ3v) is 4.94. The lowest BCUT2D eigenvalue weighted by atomic mass is 10.1. The summed E-state index contributed by atoms with van der Waals surface area (Å²) >= 11 is 1.43. The third-order valence-electron chi connectivity index (χ3n) is 4.12. The molecule has 0 N–H and O–H groups in total. The highest BCUT2D eigenvalue weighted by Crippen LogP contribution is 2.43. The SMILES string of the molecule is CCc1ccc(-c2cc(-c3cc(OC)cc(OC)c3OC)sn2)cc1. The van der Waals surface area contributed by atoms with Crippen molar-refractivity contribution in [1.82, 2.24) is 4.37 Å². The molecule has 3 rings (SSSR count). The van der Waals surface area contributed by atoms with Gasteiger partial charge in [-0.15, -0.1) is 0 Å². The Morgan fingerprint density at radius 2 is 1.68 bits per heavy atom. The van der Waals surface area contributed by atoms with Crippen molar-refractivity contribution < 1.29 is 14.2 Å². The van der Waals surface area contributed by atoms with Crippen LogP contribution >= 0.6 is 11.5 Å². The Labute approximate surface area is 152 Å². The number of hydrogen-bond acceptors (Lipinski definition) is 5. The fourth-order valence-electron chi connectivity index (χ4n) is 2.69. The molecule has 0 radical (unpaired) electrons. The van der Waals surface area contributed by atoms with Gasteiger partial charge in [-0.25, -0.2) is 0 Å². The summed E-state index contributed by atoms with van der Waals surface area (Å²) < 4.78 is 21.0. The summed E-state index contributed by atoms with van der Waals surface area (Å²) in [7, 11) is 4.89. The van der Waals surface area contributed by atoms with E-state index in [1.165, 1.54) is 17.1 Å². The molecule has 0 atom stereocenters. The van der Waals surface area contributed by atoms with Crippen LogP contribution in [0.4, 0.5) is 0 Å². The number of rotatable bonds is 6. The van der Waals surface area contributed by atoms with Gasteiger partial charge in [0.2, 0.25) is 0 Å². The smallest absolute Gasteiger partial charge is 0.169 e. The Balaban J connectivity index is 2.04. The first kappa shape index (κ1) is 17.3. The first-order valence-electron chi connectivity index (χ1n) is 8.06. The number of ether oxygens (including phenoxy) is 3. The van der Waals surface area contributed by atoms with E-state index < -0.39 is 0 Å². The Morgan fingerprint density at radius 1 is 0.920 bits per heavy atom. The molecule has 130 valence electrons. The Morgan fingerprint density at radius 3 is 2.28 bits per heavy atom. The highest BCUT2D eigenvalue weighted by atomic mass is 32.1. The van der Waals surface area contributed by atoms with Crippen molar-refractivity contribution >= 4 is 11.5 Å². The van der Waals surface area contributed by atoms with Crippen molar-refractivity contribution in [2.45, 2.75) is 13.3 Å². The molecule has 3 aromatic rings. The lowest BCUT2D eigenvalue weighted by Gasteiger charge is -2.13. The van der Waals surface area contributed by atoms with Crippen molar-refractivity contribution in [2.24, 2.45) is 0 Å². The van der Waals surface area contributed by atoms with Gasteiger partial charge < -0.3 is 14.2 Å². The highest BCUT2D eigenvalue weighted by molar-refractivity contribution is 7.09. The van der Waals surface area contributed by atoms with Crippen LogP contribution in [-0.2, 0) is 6.42 Å². The van der Waals surface area contributed by atoms with Gasteiger partial charge in [0.15, 0.2) is 11.5 Å². The van der Waals surface area contributed by atoms with E-state index in [9.17, 15) is 0 Å². The number of benzene rings is 2. The van der Waals surface area contributed by atoms with E-state index in [0.29, 0.717) is 11.5 Å². The average molecular weight is 355 g/mol. The van der Waals surface area contributed by atoms with Crippen LogP contribution in [0.3, 0.4) is 0 Å². The maximum atomic E-state index is 5.56. The largest absolute Gasteiger partial charge is 0.497 e. The van der Waals surface area contributed by atoms with E-state index in [0.717, 1.165) is 33.9 Å². The van der Waals surface area contributed by atoms with Crippen LogP contribution in [-0.4, -0.2) is 25.7 Å². The van der Waals surface area contributed by atoms with Crippen molar-refractivity contribution in [3.8, 4) is 38.9 Å². The van der Waals surface area contributed by atoms with Gasteiger partial charge in [-0.05, 0) is 35.6 Å². The quantitative estimate of drug-likeness (QED) is 0.619. The minimum atomic E-state index is 0.638. The monoisotopic (exact) mass is 355 g/mol. The second-order valence-electron chi connectivity index (χ2n) is 5.54. The zero-order chi connectivity index (χ0) is 17.8. The molecule has 0 fully saturated rings. The van der Waals surface area contributed by atoms with Crippen molar-refractivity contribution in [1.29, 1.82) is 0 Å². The number of aromatic nitrogens is 1. The van der Waals surface area contributed by atoms with Crippen LogP contribution in [0, 0.1) is 0 Å². The van der Waals surface area contributed by atoms with E-state index >= 15 is 0 Å². The molecule has 1 heterocycles. The summed E-state index contributed by atoms with van der Waals surface area (Å²) in [6.07, 6.45) is 1.03. The average Bonchev–Trinajstić information content (AvgIpc) is 3.16. The lowest BCUT2D eigenvalue weighted by Crippen LogP contribution is -1.94. The molecule has 0 saturated heterocycles. The van der Waals surface area contributed by atoms with E-state index in [-0.39, 0.29) is 0 Å². The summed E-state index contributed by atoms with van der Waals surface area (Å²) in [5.74, 6) is 2.04. The lowest BCUT2D eigenvalue weighted by molar-refractivity contribution is 0.350. The molecule has 0 saturated carbocycles. The summed E-state index contributed by atoms with van der Waals surface area (Å²) in [5.41, 5.74) is 4.28. The Hall–Kier alpha value is -2.53. The first-order chi connectivity index (χ1) is 12.2. The number of nitrogens with zero attached hydrogens (tertiary/aromatic N) is 1. The molecule has 0 unspecified atom stereocenters. The molecule has 25 heavy (non-hydrogen) atoms. The summed E-state index contributed by atoms with van der Waals surface area (Å²) in [5, 5.41) is 0. The maximum Gasteiger partial charge on any atom is 0.169 e. The van der Waals surface area contributed by atoms with Crippen LogP contribution in [0.5, 0.6) is 17.2 Å². The molecular weight excluding hydrogens is 334 g/mol. The molecule has 0 aliphatic carbocycles. The predicted molar refractivity (Wildman–Crippen MR) is 102 cm³/mol. The van der Waals surface area contributed by atoms with Crippen LogP contribution in [0.2, 0.25) is 0 Å². The van der Waals surface area contributed by atoms with Gasteiger partial charge in [0.1, 0.15) is 5.75 Å². The topological polar surface area (TPSA) is 40.6 Å². The molecule has 4 nitrogen and oxygen atoms in total. The fraction of sp³-hybridized carbons (Fsp3) is 0.250. The summed E-state index contributed by atoms with van der Waals surface area (Å²) in [6, 6.07) is 14.3. The van der Waals surface area contributed by atoms with E-state index in [2.05, 4.69) is 41.6 Å². The second kappa shape index (κ2) is 7.57. The third kappa shape index (κ3) is 3.46. The molecule has 0 aliphatic heterocycles. The van der Waals surface area contributed by atoms with Crippen LogP contribution in [0.1, 0.15) is 12.5 Å². The van der Waals surface area contributed by atoms with Gasteiger partial charge in [-0.1, -0.05) is 31.2 Å². The van der Waals surface area contributed by atoms with Crippen LogP contribution in [0.25, 0.3) is 21.7 Å². The zero-order valence-corrected chi connectivity index (χ0v) is 15.6. The van der Waals surface area contributed by atoms with Gasteiger partial charge in [-0.3, -0.25) is 0 Å². The minimum Gasteiger partial charge on any atom is -0.497 e. The Bertz CT molecular complexity index is 856. The summed E-state index contributed by atoms with van der Waals surface area (Å²) in [4.78, 5) is 1.00. The van der Waals surface area contributed by atoms with E-state index in [1.54, 1.807) is 21.3 Å². The van der Waals surface area contributed by atoms with Crippen molar-refractivity contribution in [2.75, 3.05) is 21.3 Å². The zero-order valence-electron chi connectivity index (χ0n) is 14.8. The molecule has 0 aliphatic rings. The van der Waals surface area contributed by atoms with Gasteiger partial charge >= 0.3 is 0 Å². The van der Waals surface area contributed by atoms with Crippen molar-refractivity contribution in [3.63, 3.8) is 0 Å². The molecular formula is C20H21NO3S. The van der Waals surface area contributed by atoms with Crippen LogP contribution < -0.4 is 14.2 Å². The van der Waals surface area contributed by atoms with Gasteiger partial charge in [0.25, 0.3) is 0 Å². The number of aryl methyl sites for hydroxylation is 1. The Kier molecular flexibility index (Phi) is 5.24. The fourth-order valence-corrected chi connectivity index (χ4v) is 3.46.